The lowest BCUT2D eigenvalue weighted by Gasteiger charge is -2.21. The molecule has 0 aromatic heterocycles. The Labute approximate surface area is 451 Å². The van der Waals surface area contributed by atoms with Gasteiger partial charge in [0.15, 0.2) is 6.10 Å². The van der Waals surface area contributed by atoms with Gasteiger partial charge in [0.05, 0.1) is 19.8 Å². The number of phosphoric ester groups is 1. The van der Waals surface area contributed by atoms with E-state index in [4.69, 9.17) is 23.3 Å². The van der Waals surface area contributed by atoms with Crippen molar-refractivity contribution in [2.75, 3.05) is 26.4 Å². The van der Waals surface area contributed by atoms with Crippen LogP contribution in [0, 0.1) is 0 Å². The van der Waals surface area contributed by atoms with E-state index in [1.165, 1.54) is 38.5 Å². The summed E-state index contributed by atoms with van der Waals surface area (Å²) in [5, 5.41) is 9.81. The first-order valence-corrected chi connectivity index (χ1v) is 31.0. The first-order chi connectivity index (χ1) is 36.2. The SMILES string of the molecule is CC/C=C\C/C=C\C/C=C\C/C=C\CCCCCCCCC(=O)OC(COC(=O)CCCCCCC/C=C\CCCCCCCC)COP(=O)(O)OCC(CO)OC(=O)CCCCCCC/C=C\C/C=C\CCC. The fourth-order valence-electron chi connectivity index (χ4n) is 7.79. The fourth-order valence-corrected chi connectivity index (χ4v) is 8.58. The first kappa shape index (κ1) is 70.7. The Morgan fingerprint density at radius 2 is 0.730 bits per heavy atom. The molecule has 0 spiro atoms. The quantitative estimate of drug-likeness (QED) is 0.0197. The molecule has 12 heteroatoms. The smallest absolute Gasteiger partial charge is 0.462 e. The summed E-state index contributed by atoms with van der Waals surface area (Å²) in [6, 6.07) is 0. The average molecular weight is 1060 g/mol. The largest absolute Gasteiger partial charge is 0.472 e. The van der Waals surface area contributed by atoms with Crippen LogP contribution in [0.2, 0.25) is 0 Å². The van der Waals surface area contributed by atoms with Gasteiger partial charge < -0.3 is 24.2 Å². The summed E-state index contributed by atoms with van der Waals surface area (Å²) in [5.41, 5.74) is 0. The van der Waals surface area contributed by atoms with Crippen LogP contribution in [-0.4, -0.2) is 66.5 Å². The van der Waals surface area contributed by atoms with Gasteiger partial charge >= 0.3 is 25.7 Å². The lowest BCUT2D eigenvalue weighted by molar-refractivity contribution is -0.161. The third-order valence-electron chi connectivity index (χ3n) is 12.3. The number of aliphatic hydroxyl groups excluding tert-OH is 1. The molecule has 0 aromatic carbocycles. The number of hydrogen-bond donors (Lipinski definition) is 2. The van der Waals surface area contributed by atoms with Crippen molar-refractivity contribution in [3.63, 3.8) is 0 Å². The summed E-state index contributed by atoms with van der Waals surface area (Å²) in [5.74, 6) is -1.50. The molecule has 0 aromatic rings. The van der Waals surface area contributed by atoms with Crippen molar-refractivity contribution in [3.8, 4) is 0 Å². The highest BCUT2D eigenvalue weighted by Gasteiger charge is 2.28. The highest BCUT2D eigenvalue weighted by atomic mass is 31.2. The van der Waals surface area contributed by atoms with Crippen molar-refractivity contribution in [2.24, 2.45) is 0 Å². The van der Waals surface area contributed by atoms with Crippen molar-refractivity contribution >= 4 is 25.7 Å². The molecule has 0 saturated carbocycles. The van der Waals surface area contributed by atoms with Crippen LogP contribution in [0.4, 0.5) is 0 Å². The van der Waals surface area contributed by atoms with Crippen molar-refractivity contribution < 1.29 is 52.2 Å². The molecule has 0 rings (SSSR count). The summed E-state index contributed by atoms with van der Waals surface area (Å²) >= 11 is 0. The molecule has 0 saturated heterocycles. The van der Waals surface area contributed by atoms with E-state index in [1.807, 2.05) is 0 Å². The van der Waals surface area contributed by atoms with Crippen molar-refractivity contribution in [2.45, 2.75) is 264 Å². The third kappa shape index (κ3) is 53.5. The minimum atomic E-state index is -4.76. The van der Waals surface area contributed by atoms with Crippen LogP contribution in [0.25, 0.3) is 0 Å². The molecule has 0 amide bonds. The minimum absolute atomic E-state index is 0.146. The van der Waals surface area contributed by atoms with Gasteiger partial charge in [-0.05, 0) is 109 Å². The van der Waals surface area contributed by atoms with Crippen molar-refractivity contribution in [3.05, 3.63) is 85.1 Å². The number of unbranched alkanes of at least 4 members (excludes halogenated alkanes) is 23. The summed E-state index contributed by atoms with van der Waals surface area (Å²) in [4.78, 5) is 48.6. The number of allylic oxidation sites excluding steroid dienone is 14. The number of aliphatic hydroxyl groups is 1. The summed E-state index contributed by atoms with van der Waals surface area (Å²) in [7, 11) is -4.76. The second-order valence-electron chi connectivity index (χ2n) is 19.4. The van der Waals surface area contributed by atoms with Crippen LogP contribution < -0.4 is 0 Å². The first-order valence-electron chi connectivity index (χ1n) is 29.5. The maximum absolute atomic E-state index is 12.9. The summed E-state index contributed by atoms with van der Waals surface area (Å²) < 4.78 is 39.5. The zero-order valence-electron chi connectivity index (χ0n) is 47.0. The Balaban J connectivity index is 4.77. The molecule has 0 bridgehead atoms. The molecule has 2 N–H and O–H groups in total. The maximum Gasteiger partial charge on any atom is 0.472 e. The highest BCUT2D eigenvalue weighted by Crippen LogP contribution is 2.43. The van der Waals surface area contributed by atoms with Crippen molar-refractivity contribution in [1.82, 2.24) is 0 Å². The van der Waals surface area contributed by atoms with Gasteiger partial charge in [-0.2, -0.15) is 0 Å². The van der Waals surface area contributed by atoms with E-state index >= 15 is 0 Å². The van der Waals surface area contributed by atoms with Crippen LogP contribution in [0.15, 0.2) is 85.1 Å². The van der Waals surface area contributed by atoms with Crippen LogP contribution in [0.3, 0.4) is 0 Å². The minimum Gasteiger partial charge on any atom is -0.462 e. The van der Waals surface area contributed by atoms with E-state index in [-0.39, 0.29) is 25.9 Å². The Hall–Kier alpha value is -3.34. The number of rotatable bonds is 54. The summed E-state index contributed by atoms with van der Waals surface area (Å²) in [6.07, 6.45) is 63.9. The molecule has 0 aliphatic carbocycles. The van der Waals surface area contributed by atoms with Gasteiger partial charge in [0.25, 0.3) is 0 Å². The molecule has 3 unspecified atom stereocenters. The lowest BCUT2D eigenvalue weighted by atomic mass is 10.1. The number of ether oxygens (including phenoxy) is 3. The molecule has 0 heterocycles. The van der Waals surface area contributed by atoms with Crippen molar-refractivity contribution in [1.29, 1.82) is 0 Å². The summed E-state index contributed by atoms with van der Waals surface area (Å²) in [6.45, 7) is 4.43. The average Bonchev–Trinajstić information content (AvgIpc) is 3.39. The monoisotopic (exact) mass is 1060 g/mol. The van der Waals surface area contributed by atoms with Gasteiger partial charge in [-0.1, -0.05) is 209 Å². The van der Waals surface area contributed by atoms with E-state index in [0.717, 1.165) is 154 Å². The predicted molar refractivity (Wildman–Crippen MR) is 307 cm³/mol. The molecule has 0 fully saturated rings. The Kier molecular flexibility index (Phi) is 53.4. The molecule has 3 atom stereocenters. The van der Waals surface area contributed by atoms with Crippen LogP contribution >= 0.6 is 7.82 Å². The van der Waals surface area contributed by atoms with Gasteiger partial charge in [0.2, 0.25) is 0 Å². The van der Waals surface area contributed by atoms with E-state index in [9.17, 15) is 28.9 Å². The van der Waals surface area contributed by atoms with Crippen LogP contribution in [0.5, 0.6) is 0 Å². The normalized spacial score (nSPS) is 14.0. The molecule has 0 aliphatic heterocycles. The molecular formula is C62H107O11P. The van der Waals surface area contributed by atoms with E-state index < -0.39 is 57.8 Å². The molecule has 0 aliphatic rings. The van der Waals surface area contributed by atoms with E-state index in [0.29, 0.717) is 19.3 Å². The van der Waals surface area contributed by atoms with Gasteiger partial charge in [-0.3, -0.25) is 23.4 Å². The zero-order chi connectivity index (χ0) is 54.1. The Bertz CT molecular complexity index is 1560. The molecule has 74 heavy (non-hydrogen) atoms. The van der Waals surface area contributed by atoms with Gasteiger partial charge in [0.1, 0.15) is 12.7 Å². The number of carbonyl (C=O) groups is 3. The number of carbonyl (C=O) groups excluding carboxylic acids is 3. The third-order valence-corrected chi connectivity index (χ3v) is 13.2. The predicted octanol–water partition coefficient (Wildman–Crippen LogP) is 17.5. The number of hydrogen-bond acceptors (Lipinski definition) is 10. The van der Waals surface area contributed by atoms with Crippen LogP contribution in [-0.2, 0) is 42.2 Å². The Morgan fingerprint density at radius 1 is 0.392 bits per heavy atom. The standard InChI is InChI=1S/C62H107O11P/c1-4-7-10-13-16-19-22-25-27-28-29-30-32-35-38-41-44-47-50-53-62(66)73-59(55-69-60(64)51-48-45-42-39-36-34-31-26-23-20-17-14-11-8-5-2)57-71-74(67,68)70-56-58(54-63)72-61(65)52-49-46-43-40-37-33-24-21-18-15-12-9-6-3/h7,10,12,15-16,19,21,24-27,29-31,58-59,63H,4-6,8-9,11,13-14,17-18,20,22-23,28,32-57H2,1-3H3,(H,67,68)/b10-7-,15-12-,19-16-,24-21-,27-25-,30-29-,31-26-. The van der Waals surface area contributed by atoms with E-state index in [1.54, 1.807) is 0 Å². The Morgan fingerprint density at radius 3 is 1.15 bits per heavy atom. The molecule has 0 radical (unpaired) electrons. The highest BCUT2D eigenvalue weighted by molar-refractivity contribution is 7.47. The maximum atomic E-state index is 12.9. The number of esters is 3. The van der Waals surface area contributed by atoms with Gasteiger partial charge in [-0.15, -0.1) is 0 Å². The molecule has 426 valence electrons. The van der Waals surface area contributed by atoms with Gasteiger partial charge in [0, 0.05) is 19.3 Å². The second kappa shape index (κ2) is 55.9. The lowest BCUT2D eigenvalue weighted by Crippen LogP contribution is -2.30. The van der Waals surface area contributed by atoms with Gasteiger partial charge in [-0.25, -0.2) is 4.57 Å². The number of phosphoric acid groups is 1. The molecular weight excluding hydrogens is 952 g/mol. The second-order valence-corrected chi connectivity index (χ2v) is 20.9. The molecule has 11 nitrogen and oxygen atoms in total. The topological polar surface area (TPSA) is 155 Å². The zero-order valence-corrected chi connectivity index (χ0v) is 47.9. The van der Waals surface area contributed by atoms with Crippen LogP contribution in [0.1, 0.15) is 252 Å². The van der Waals surface area contributed by atoms with E-state index in [2.05, 4.69) is 106 Å². The fraction of sp³-hybridized carbons (Fsp3) is 0.726.